The summed E-state index contributed by atoms with van der Waals surface area (Å²) in [5, 5.41) is 30.3. The Hall–Kier alpha value is -5.05. The van der Waals surface area contributed by atoms with Crippen LogP contribution in [0.2, 0.25) is 0 Å². The molecular formula is C29H22FN3O5. The average Bonchev–Trinajstić information content (AvgIpc) is 2.93. The first kappa shape index (κ1) is 24.6. The lowest BCUT2D eigenvalue weighted by Crippen LogP contribution is -2.35. The molecule has 0 saturated heterocycles. The molecule has 1 amide bonds. The van der Waals surface area contributed by atoms with E-state index in [0.29, 0.717) is 23.3 Å². The molecule has 0 radical (unpaired) electrons. The fraction of sp³-hybridized carbons (Fsp3) is 0.103. The van der Waals surface area contributed by atoms with Crippen LogP contribution in [0.4, 0.5) is 10.1 Å². The molecule has 1 aliphatic rings. The van der Waals surface area contributed by atoms with Crippen molar-refractivity contribution < 1.29 is 29.3 Å². The van der Waals surface area contributed by atoms with Gasteiger partial charge in [-0.25, -0.2) is 9.18 Å². The van der Waals surface area contributed by atoms with Crippen LogP contribution in [-0.4, -0.2) is 43.7 Å². The number of aromatic hydroxyl groups is 2. The van der Waals surface area contributed by atoms with Crippen molar-refractivity contribution >= 4 is 39.4 Å². The SMILES string of the molecule is O=C(O)c1ccc2cccnc2c1O.O=C(c1ccc2cccnc2c1O)N1CCCc2ccc(F)cc21. The summed E-state index contributed by atoms with van der Waals surface area (Å²) >= 11 is 0. The Bertz CT molecular complexity index is 1710. The maximum Gasteiger partial charge on any atom is 0.339 e. The predicted molar refractivity (Wildman–Crippen MR) is 140 cm³/mol. The third-order valence-corrected chi connectivity index (χ3v) is 6.37. The van der Waals surface area contributed by atoms with Crippen molar-refractivity contribution in [2.24, 2.45) is 0 Å². The van der Waals surface area contributed by atoms with Crippen LogP contribution in [0, 0.1) is 5.82 Å². The molecule has 3 aromatic carbocycles. The van der Waals surface area contributed by atoms with Crippen LogP contribution in [0.5, 0.6) is 11.5 Å². The summed E-state index contributed by atoms with van der Waals surface area (Å²) in [5.74, 6) is -2.29. The number of anilines is 1. The standard InChI is InChI=1S/C19H15FN2O2.C10H7NO3/c20-14-7-5-12-4-2-10-22(16(12)11-14)19(24)15-8-6-13-3-1-9-21-17(13)18(15)23;12-9-7(10(13)14)4-3-6-2-1-5-11-8(6)9/h1,3,5-9,11,23H,2,4,10H2;1-5,12H,(H,13,14). The highest BCUT2D eigenvalue weighted by Crippen LogP contribution is 2.33. The molecule has 8 nitrogen and oxygen atoms in total. The highest BCUT2D eigenvalue weighted by atomic mass is 19.1. The molecule has 9 heteroatoms. The Labute approximate surface area is 216 Å². The lowest BCUT2D eigenvalue weighted by Gasteiger charge is -2.29. The molecule has 0 atom stereocenters. The van der Waals surface area contributed by atoms with Crippen molar-refractivity contribution in [3.05, 3.63) is 102 Å². The van der Waals surface area contributed by atoms with Crippen molar-refractivity contribution in [1.82, 2.24) is 9.97 Å². The monoisotopic (exact) mass is 511 g/mol. The van der Waals surface area contributed by atoms with Crippen LogP contribution < -0.4 is 4.90 Å². The minimum atomic E-state index is -1.16. The molecular weight excluding hydrogens is 489 g/mol. The van der Waals surface area contributed by atoms with Gasteiger partial charge in [0.05, 0.1) is 11.3 Å². The van der Waals surface area contributed by atoms with E-state index >= 15 is 0 Å². The molecule has 0 fully saturated rings. The molecule has 0 spiro atoms. The fourth-order valence-electron chi connectivity index (χ4n) is 4.51. The van der Waals surface area contributed by atoms with Crippen LogP contribution in [-0.2, 0) is 6.42 Å². The van der Waals surface area contributed by atoms with Gasteiger partial charge in [-0.15, -0.1) is 0 Å². The number of aromatic carboxylic acids is 1. The molecule has 38 heavy (non-hydrogen) atoms. The van der Waals surface area contributed by atoms with E-state index in [9.17, 15) is 24.2 Å². The molecule has 1 aliphatic heterocycles. The highest BCUT2D eigenvalue weighted by molar-refractivity contribution is 6.11. The summed E-state index contributed by atoms with van der Waals surface area (Å²) in [6, 6.07) is 17.9. The van der Waals surface area contributed by atoms with Crippen LogP contribution >= 0.6 is 0 Å². The predicted octanol–water partition coefficient (Wildman–Crippen LogP) is 5.31. The van der Waals surface area contributed by atoms with Crippen LogP contribution in [0.3, 0.4) is 0 Å². The van der Waals surface area contributed by atoms with Crippen LogP contribution in [0.15, 0.2) is 79.1 Å². The largest absolute Gasteiger partial charge is 0.505 e. The number of pyridine rings is 2. The molecule has 2 aromatic heterocycles. The number of carbonyl (C=O) groups excluding carboxylic acids is 1. The summed E-state index contributed by atoms with van der Waals surface area (Å²) in [6.45, 7) is 0.495. The van der Waals surface area contributed by atoms with E-state index < -0.39 is 5.97 Å². The number of rotatable bonds is 2. The Kier molecular flexibility index (Phi) is 6.57. The maximum atomic E-state index is 13.6. The topological polar surface area (TPSA) is 124 Å². The number of hydrogen-bond acceptors (Lipinski definition) is 6. The number of amides is 1. The van der Waals surface area contributed by atoms with Crippen molar-refractivity contribution in [1.29, 1.82) is 0 Å². The number of benzene rings is 3. The van der Waals surface area contributed by atoms with E-state index in [1.54, 1.807) is 48.7 Å². The average molecular weight is 512 g/mol. The number of halogens is 1. The highest BCUT2D eigenvalue weighted by Gasteiger charge is 2.26. The summed E-state index contributed by atoms with van der Waals surface area (Å²) in [4.78, 5) is 33.2. The van der Waals surface area contributed by atoms with Crippen molar-refractivity contribution in [2.45, 2.75) is 12.8 Å². The molecule has 0 saturated carbocycles. The number of phenols is 2. The van der Waals surface area contributed by atoms with E-state index in [2.05, 4.69) is 9.97 Å². The van der Waals surface area contributed by atoms with Gasteiger partial charge in [0.15, 0.2) is 11.5 Å². The number of phenolic OH excluding ortho intramolecular Hbond substituents is 1. The van der Waals surface area contributed by atoms with Gasteiger partial charge in [-0.2, -0.15) is 0 Å². The second-order valence-corrected chi connectivity index (χ2v) is 8.71. The molecule has 0 unspecified atom stereocenters. The lowest BCUT2D eigenvalue weighted by atomic mass is 10.00. The van der Waals surface area contributed by atoms with Gasteiger partial charge in [0.2, 0.25) is 0 Å². The van der Waals surface area contributed by atoms with E-state index in [4.69, 9.17) is 5.11 Å². The van der Waals surface area contributed by atoms with Gasteiger partial charge in [0.25, 0.3) is 5.91 Å². The number of carboxylic acids is 1. The van der Waals surface area contributed by atoms with Gasteiger partial charge in [0.1, 0.15) is 22.4 Å². The number of carboxylic acid groups (broad SMARTS) is 1. The van der Waals surface area contributed by atoms with Crippen molar-refractivity contribution in [3.8, 4) is 11.5 Å². The van der Waals surface area contributed by atoms with Crippen LogP contribution in [0.1, 0.15) is 32.7 Å². The van der Waals surface area contributed by atoms with Crippen molar-refractivity contribution in [2.75, 3.05) is 11.4 Å². The molecule has 0 bridgehead atoms. The van der Waals surface area contributed by atoms with E-state index in [1.807, 2.05) is 6.07 Å². The summed E-state index contributed by atoms with van der Waals surface area (Å²) < 4.78 is 13.6. The zero-order valence-electron chi connectivity index (χ0n) is 20.0. The minimum Gasteiger partial charge on any atom is -0.505 e. The zero-order chi connectivity index (χ0) is 26.8. The zero-order valence-corrected chi connectivity index (χ0v) is 20.0. The Morgan fingerprint density at radius 2 is 1.42 bits per heavy atom. The molecule has 0 aliphatic carbocycles. The van der Waals surface area contributed by atoms with Crippen molar-refractivity contribution in [3.63, 3.8) is 0 Å². The number of hydrogen-bond donors (Lipinski definition) is 3. The Morgan fingerprint density at radius 3 is 2.05 bits per heavy atom. The summed E-state index contributed by atoms with van der Waals surface area (Å²) in [6.07, 6.45) is 4.69. The smallest absolute Gasteiger partial charge is 0.339 e. The summed E-state index contributed by atoms with van der Waals surface area (Å²) in [5.41, 5.74) is 2.27. The van der Waals surface area contributed by atoms with Gasteiger partial charge < -0.3 is 20.2 Å². The minimum absolute atomic E-state index is 0.129. The molecule has 3 heterocycles. The van der Waals surface area contributed by atoms with E-state index in [-0.39, 0.29) is 34.4 Å². The number of nitrogens with zero attached hydrogens (tertiary/aromatic N) is 3. The second kappa shape index (κ2) is 10.1. The number of aromatic nitrogens is 2. The fourth-order valence-corrected chi connectivity index (χ4v) is 4.51. The molecule has 6 rings (SSSR count). The number of fused-ring (bicyclic) bond motifs is 3. The normalized spacial score (nSPS) is 12.5. The quantitative estimate of drug-likeness (QED) is 0.293. The van der Waals surface area contributed by atoms with Crippen LogP contribution in [0.25, 0.3) is 21.8 Å². The van der Waals surface area contributed by atoms with E-state index in [0.717, 1.165) is 29.2 Å². The second-order valence-electron chi connectivity index (χ2n) is 8.71. The Morgan fingerprint density at radius 1 is 0.816 bits per heavy atom. The van der Waals surface area contributed by atoms with Gasteiger partial charge in [0, 0.05) is 29.7 Å². The lowest BCUT2D eigenvalue weighted by molar-refractivity contribution is 0.0693. The van der Waals surface area contributed by atoms with E-state index in [1.165, 1.54) is 29.3 Å². The number of aryl methyl sites for hydroxylation is 1. The van der Waals surface area contributed by atoms with Gasteiger partial charge in [-0.1, -0.05) is 30.3 Å². The Balaban J connectivity index is 0.000000179. The third kappa shape index (κ3) is 4.57. The van der Waals surface area contributed by atoms with Gasteiger partial charge >= 0.3 is 5.97 Å². The first-order valence-corrected chi connectivity index (χ1v) is 11.8. The molecule has 5 aromatic rings. The first-order valence-electron chi connectivity index (χ1n) is 11.8. The first-order chi connectivity index (χ1) is 18.3. The maximum absolute atomic E-state index is 13.6. The third-order valence-electron chi connectivity index (χ3n) is 6.37. The van der Waals surface area contributed by atoms with Gasteiger partial charge in [-0.3, -0.25) is 14.8 Å². The summed E-state index contributed by atoms with van der Waals surface area (Å²) in [7, 11) is 0. The molecule has 190 valence electrons. The molecule has 3 N–H and O–H groups in total. The van der Waals surface area contributed by atoms with Gasteiger partial charge in [-0.05, 0) is 54.8 Å². The number of carbonyl (C=O) groups is 2.